The lowest BCUT2D eigenvalue weighted by molar-refractivity contribution is -0.124. The van der Waals surface area contributed by atoms with Gasteiger partial charge < -0.3 is 10.6 Å². The van der Waals surface area contributed by atoms with Crippen molar-refractivity contribution in [2.75, 3.05) is 13.1 Å². The second kappa shape index (κ2) is 9.36. The van der Waals surface area contributed by atoms with Crippen molar-refractivity contribution < 1.29 is 14.0 Å². The van der Waals surface area contributed by atoms with E-state index in [9.17, 15) is 14.0 Å². The lowest BCUT2D eigenvalue weighted by atomic mass is 10.1. The van der Waals surface area contributed by atoms with Crippen LogP contribution in [0, 0.1) is 5.82 Å². The van der Waals surface area contributed by atoms with Gasteiger partial charge in [-0.05, 0) is 28.1 Å². The summed E-state index contributed by atoms with van der Waals surface area (Å²) in [4.78, 5) is 24.6. The SMILES string of the molecule is O=C(NCCNC(=O)C(Cc1ccccc1)n1cnnn1)c1ccccc1F. The van der Waals surface area contributed by atoms with Gasteiger partial charge in [-0.25, -0.2) is 9.07 Å². The molecule has 1 atom stereocenters. The zero-order chi connectivity index (χ0) is 19.8. The molecule has 1 aromatic heterocycles. The average molecular weight is 382 g/mol. The summed E-state index contributed by atoms with van der Waals surface area (Å²) < 4.78 is 15.0. The van der Waals surface area contributed by atoms with Crippen LogP contribution in [0.3, 0.4) is 0 Å². The molecule has 0 saturated carbocycles. The fraction of sp³-hybridized carbons (Fsp3) is 0.211. The van der Waals surface area contributed by atoms with E-state index in [1.54, 1.807) is 6.07 Å². The number of carbonyl (C=O) groups excluding carboxylic acids is 2. The second-order valence-electron chi connectivity index (χ2n) is 6.02. The molecule has 0 aliphatic carbocycles. The summed E-state index contributed by atoms with van der Waals surface area (Å²) in [6.07, 6.45) is 1.80. The van der Waals surface area contributed by atoms with Crippen molar-refractivity contribution in [1.29, 1.82) is 0 Å². The maximum Gasteiger partial charge on any atom is 0.254 e. The molecule has 0 aliphatic heterocycles. The van der Waals surface area contributed by atoms with E-state index >= 15 is 0 Å². The number of aromatic nitrogens is 4. The second-order valence-corrected chi connectivity index (χ2v) is 6.02. The Bertz CT molecular complexity index is 917. The van der Waals surface area contributed by atoms with Crippen molar-refractivity contribution in [2.45, 2.75) is 12.5 Å². The molecule has 0 fully saturated rings. The number of hydrogen-bond donors (Lipinski definition) is 2. The van der Waals surface area contributed by atoms with Crippen LogP contribution in [0.4, 0.5) is 4.39 Å². The first-order chi connectivity index (χ1) is 13.6. The van der Waals surface area contributed by atoms with Gasteiger partial charge in [-0.2, -0.15) is 0 Å². The molecule has 9 heteroatoms. The third-order valence-corrected chi connectivity index (χ3v) is 4.09. The van der Waals surface area contributed by atoms with Crippen molar-refractivity contribution in [2.24, 2.45) is 0 Å². The summed E-state index contributed by atoms with van der Waals surface area (Å²) in [5, 5.41) is 16.3. The first-order valence-corrected chi connectivity index (χ1v) is 8.72. The number of tetrazole rings is 1. The number of carbonyl (C=O) groups is 2. The van der Waals surface area contributed by atoms with Gasteiger partial charge in [0.2, 0.25) is 5.91 Å². The van der Waals surface area contributed by atoms with Crippen LogP contribution in [-0.4, -0.2) is 45.1 Å². The quantitative estimate of drug-likeness (QED) is 0.569. The zero-order valence-corrected chi connectivity index (χ0v) is 15.0. The molecule has 0 spiro atoms. The molecular weight excluding hydrogens is 363 g/mol. The third-order valence-electron chi connectivity index (χ3n) is 4.09. The van der Waals surface area contributed by atoms with Gasteiger partial charge in [0.1, 0.15) is 18.2 Å². The first-order valence-electron chi connectivity index (χ1n) is 8.72. The highest BCUT2D eigenvalue weighted by molar-refractivity contribution is 5.94. The smallest absolute Gasteiger partial charge is 0.254 e. The minimum atomic E-state index is -0.625. The number of amides is 2. The minimum absolute atomic E-state index is 0.0375. The summed E-state index contributed by atoms with van der Waals surface area (Å²) in [6.45, 7) is 0.346. The lowest BCUT2D eigenvalue weighted by Gasteiger charge is -2.16. The van der Waals surface area contributed by atoms with Gasteiger partial charge in [-0.1, -0.05) is 42.5 Å². The molecule has 1 unspecified atom stereocenters. The maximum atomic E-state index is 13.6. The van der Waals surface area contributed by atoms with Crippen LogP contribution < -0.4 is 10.6 Å². The Labute approximate surface area is 160 Å². The van der Waals surface area contributed by atoms with Crippen LogP contribution in [0.25, 0.3) is 0 Å². The van der Waals surface area contributed by atoms with E-state index < -0.39 is 17.8 Å². The molecule has 0 aliphatic rings. The normalized spacial score (nSPS) is 11.6. The summed E-state index contributed by atoms with van der Waals surface area (Å²) in [7, 11) is 0. The molecule has 3 aromatic rings. The van der Waals surface area contributed by atoms with Crippen LogP contribution in [0.15, 0.2) is 60.9 Å². The highest BCUT2D eigenvalue weighted by Crippen LogP contribution is 2.13. The zero-order valence-electron chi connectivity index (χ0n) is 15.0. The van der Waals surface area contributed by atoms with Gasteiger partial charge in [0.05, 0.1) is 5.56 Å². The Kier molecular flexibility index (Phi) is 6.40. The molecule has 1 heterocycles. The monoisotopic (exact) mass is 382 g/mol. The molecule has 144 valence electrons. The maximum absolute atomic E-state index is 13.6. The highest BCUT2D eigenvalue weighted by atomic mass is 19.1. The van der Waals surface area contributed by atoms with Crippen molar-refractivity contribution >= 4 is 11.8 Å². The number of rotatable bonds is 8. The Morgan fingerprint density at radius 1 is 1.00 bits per heavy atom. The predicted octanol–water partition coefficient (Wildman–Crippen LogP) is 1.14. The van der Waals surface area contributed by atoms with Crippen LogP contribution in [0.2, 0.25) is 0 Å². The Morgan fingerprint density at radius 3 is 2.43 bits per heavy atom. The van der Waals surface area contributed by atoms with Gasteiger partial charge >= 0.3 is 0 Å². The molecule has 0 bridgehead atoms. The van der Waals surface area contributed by atoms with Gasteiger partial charge in [0.15, 0.2) is 0 Å². The van der Waals surface area contributed by atoms with Gasteiger partial charge in [0, 0.05) is 19.5 Å². The standard InChI is InChI=1S/C19H19FN6O2/c20-16-9-5-4-8-15(16)18(27)21-10-11-22-19(28)17(26-13-23-24-25-26)12-14-6-2-1-3-7-14/h1-9,13,17H,10-12H2,(H,21,27)(H,22,28). The van der Waals surface area contributed by atoms with E-state index in [1.807, 2.05) is 30.3 Å². The summed E-state index contributed by atoms with van der Waals surface area (Å²) in [6, 6.07) is 14.6. The molecule has 2 aromatic carbocycles. The Hall–Kier alpha value is -3.62. The number of hydrogen-bond acceptors (Lipinski definition) is 5. The molecule has 2 N–H and O–H groups in total. The minimum Gasteiger partial charge on any atom is -0.352 e. The van der Waals surface area contributed by atoms with Crippen LogP contribution in [0.5, 0.6) is 0 Å². The van der Waals surface area contributed by atoms with Gasteiger partial charge in [-0.3, -0.25) is 9.59 Å². The van der Waals surface area contributed by atoms with Crippen LogP contribution in [-0.2, 0) is 11.2 Å². The van der Waals surface area contributed by atoms with Crippen molar-refractivity contribution in [3.8, 4) is 0 Å². The topological polar surface area (TPSA) is 102 Å². The van der Waals surface area contributed by atoms with E-state index in [-0.39, 0.29) is 24.6 Å². The predicted molar refractivity (Wildman–Crippen MR) is 98.7 cm³/mol. The highest BCUT2D eigenvalue weighted by Gasteiger charge is 2.22. The molecular formula is C19H19FN6O2. The molecule has 8 nitrogen and oxygen atoms in total. The van der Waals surface area contributed by atoms with Crippen LogP contribution in [0.1, 0.15) is 22.0 Å². The van der Waals surface area contributed by atoms with E-state index in [0.717, 1.165) is 5.56 Å². The first kappa shape index (κ1) is 19.2. The number of halogens is 1. The Morgan fingerprint density at radius 2 is 1.71 bits per heavy atom. The van der Waals surface area contributed by atoms with Crippen molar-refractivity contribution in [1.82, 2.24) is 30.8 Å². The largest absolute Gasteiger partial charge is 0.352 e. The summed E-state index contributed by atoms with van der Waals surface area (Å²) in [5.74, 6) is -1.41. The van der Waals surface area contributed by atoms with E-state index in [0.29, 0.717) is 6.42 Å². The fourth-order valence-electron chi connectivity index (χ4n) is 2.68. The van der Waals surface area contributed by atoms with Crippen molar-refractivity contribution in [3.05, 3.63) is 77.9 Å². The number of nitrogens with one attached hydrogen (secondary N) is 2. The average Bonchev–Trinajstić information content (AvgIpc) is 3.24. The number of benzene rings is 2. The van der Waals surface area contributed by atoms with Gasteiger partial charge in [-0.15, -0.1) is 5.10 Å². The fourth-order valence-corrected chi connectivity index (χ4v) is 2.68. The lowest BCUT2D eigenvalue weighted by Crippen LogP contribution is -2.39. The van der Waals surface area contributed by atoms with Gasteiger partial charge in [0.25, 0.3) is 5.91 Å². The van der Waals surface area contributed by atoms with E-state index in [2.05, 4.69) is 26.2 Å². The molecule has 0 radical (unpaired) electrons. The Balaban J connectivity index is 1.54. The summed E-state index contributed by atoms with van der Waals surface area (Å²) in [5.41, 5.74) is 0.926. The molecule has 28 heavy (non-hydrogen) atoms. The van der Waals surface area contributed by atoms with E-state index in [4.69, 9.17) is 0 Å². The number of nitrogens with zero attached hydrogens (tertiary/aromatic N) is 4. The van der Waals surface area contributed by atoms with Crippen LogP contribution >= 0.6 is 0 Å². The molecule has 3 rings (SSSR count). The third kappa shape index (κ3) is 4.97. The van der Waals surface area contributed by atoms with Crippen molar-refractivity contribution in [3.63, 3.8) is 0 Å². The molecule has 2 amide bonds. The molecule has 0 saturated heterocycles. The van der Waals surface area contributed by atoms with E-state index in [1.165, 1.54) is 29.2 Å². The summed E-state index contributed by atoms with van der Waals surface area (Å²) >= 11 is 0.